The lowest BCUT2D eigenvalue weighted by atomic mass is 9.96. The minimum absolute atomic E-state index is 0.219. The third-order valence-corrected chi connectivity index (χ3v) is 3.45. The molecule has 0 spiro atoms. The van der Waals surface area contributed by atoms with Crippen LogP contribution in [0.25, 0.3) is 0 Å². The summed E-state index contributed by atoms with van der Waals surface area (Å²) in [5.41, 5.74) is 0.369. The Morgan fingerprint density at radius 2 is 1.68 bits per heavy atom. The first kappa shape index (κ1) is 16.5. The SMILES string of the molecule is CC(C)(C)OC(=O)[C@H]1CNC[C@@H]1C(=O)OCc1ccccc1. The Hall–Kier alpha value is -1.88. The summed E-state index contributed by atoms with van der Waals surface area (Å²) in [6.45, 7) is 6.55. The Kier molecular flexibility index (Phi) is 5.19. The van der Waals surface area contributed by atoms with Crippen LogP contribution in [0.3, 0.4) is 0 Å². The van der Waals surface area contributed by atoms with Crippen LogP contribution in [0.5, 0.6) is 0 Å². The van der Waals surface area contributed by atoms with Crippen molar-refractivity contribution in [1.29, 1.82) is 0 Å². The van der Waals surface area contributed by atoms with Crippen LogP contribution < -0.4 is 5.32 Å². The van der Waals surface area contributed by atoms with Gasteiger partial charge in [-0.1, -0.05) is 30.3 Å². The van der Waals surface area contributed by atoms with Gasteiger partial charge in [0.15, 0.2) is 0 Å². The zero-order chi connectivity index (χ0) is 16.2. The van der Waals surface area contributed by atoms with E-state index in [1.165, 1.54) is 0 Å². The predicted molar refractivity (Wildman–Crippen MR) is 81.9 cm³/mol. The molecule has 0 saturated carbocycles. The lowest BCUT2D eigenvalue weighted by Gasteiger charge is -2.23. The van der Waals surface area contributed by atoms with E-state index in [1.807, 2.05) is 51.1 Å². The summed E-state index contributed by atoms with van der Waals surface area (Å²) >= 11 is 0. The molecule has 2 atom stereocenters. The molecule has 1 aromatic rings. The molecule has 0 unspecified atom stereocenters. The molecule has 1 aromatic carbocycles. The van der Waals surface area contributed by atoms with E-state index in [4.69, 9.17) is 9.47 Å². The largest absolute Gasteiger partial charge is 0.461 e. The summed E-state index contributed by atoms with van der Waals surface area (Å²) in [5.74, 6) is -1.68. The molecular weight excluding hydrogens is 282 g/mol. The Labute approximate surface area is 131 Å². The van der Waals surface area contributed by atoms with Gasteiger partial charge in [-0.05, 0) is 26.3 Å². The standard InChI is InChI=1S/C17H23NO4/c1-17(2,3)22-16(20)14-10-18-9-13(14)15(19)21-11-12-7-5-4-6-8-12/h4-8,13-14,18H,9-11H2,1-3H3/t13-,14-/m0/s1. The van der Waals surface area contributed by atoms with Gasteiger partial charge >= 0.3 is 11.9 Å². The molecule has 0 aromatic heterocycles. The zero-order valence-electron chi connectivity index (χ0n) is 13.3. The number of hydrogen-bond donors (Lipinski definition) is 1. The van der Waals surface area contributed by atoms with E-state index in [9.17, 15) is 9.59 Å². The van der Waals surface area contributed by atoms with Crippen molar-refractivity contribution < 1.29 is 19.1 Å². The van der Waals surface area contributed by atoms with Gasteiger partial charge in [0.05, 0.1) is 11.8 Å². The Bertz CT molecular complexity index is 521. The number of benzene rings is 1. The maximum atomic E-state index is 12.2. The molecule has 1 heterocycles. The van der Waals surface area contributed by atoms with Crippen LogP contribution >= 0.6 is 0 Å². The average molecular weight is 305 g/mol. The van der Waals surface area contributed by atoms with Gasteiger partial charge < -0.3 is 14.8 Å². The van der Waals surface area contributed by atoms with E-state index >= 15 is 0 Å². The normalized spacial score (nSPS) is 21.4. The maximum absolute atomic E-state index is 12.2. The maximum Gasteiger partial charge on any atom is 0.311 e. The van der Waals surface area contributed by atoms with Crippen molar-refractivity contribution in [3.63, 3.8) is 0 Å². The quantitative estimate of drug-likeness (QED) is 0.861. The average Bonchev–Trinajstić information content (AvgIpc) is 2.93. The summed E-state index contributed by atoms with van der Waals surface area (Å²) in [4.78, 5) is 24.4. The van der Waals surface area contributed by atoms with Crippen LogP contribution in [0.4, 0.5) is 0 Å². The summed E-state index contributed by atoms with van der Waals surface area (Å²) in [5, 5.41) is 3.07. The fraction of sp³-hybridized carbons (Fsp3) is 0.529. The molecule has 1 aliphatic heterocycles. The fourth-order valence-corrected chi connectivity index (χ4v) is 2.39. The van der Waals surface area contributed by atoms with Crippen molar-refractivity contribution in [3.8, 4) is 0 Å². The smallest absolute Gasteiger partial charge is 0.311 e. The van der Waals surface area contributed by atoms with Crippen LogP contribution in [-0.2, 0) is 25.7 Å². The predicted octanol–water partition coefficient (Wildman–Crippen LogP) is 1.91. The highest BCUT2D eigenvalue weighted by atomic mass is 16.6. The van der Waals surface area contributed by atoms with Crippen molar-refractivity contribution in [2.45, 2.75) is 33.0 Å². The Balaban J connectivity index is 1.92. The van der Waals surface area contributed by atoms with Crippen LogP contribution in [0, 0.1) is 11.8 Å². The van der Waals surface area contributed by atoms with Gasteiger partial charge in [-0.3, -0.25) is 9.59 Å². The first-order valence-electron chi connectivity index (χ1n) is 7.51. The minimum Gasteiger partial charge on any atom is -0.461 e. The number of carbonyl (C=O) groups excluding carboxylic acids is 2. The molecule has 22 heavy (non-hydrogen) atoms. The van der Waals surface area contributed by atoms with Crippen LogP contribution in [0.1, 0.15) is 26.3 Å². The van der Waals surface area contributed by atoms with Gasteiger partial charge in [0.25, 0.3) is 0 Å². The van der Waals surface area contributed by atoms with Gasteiger partial charge in [0.1, 0.15) is 12.2 Å². The van der Waals surface area contributed by atoms with E-state index in [2.05, 4.69) is 5.32 Å². The molecule has 1 fully saturated rings. The summed E-state index contributed by atoms with van der Waals surface area (Å²) in [6.07, 6.45) is 0. The van der Waals surface area contributed by atoms with E-state index in [1.54, 1.807) is 0 Å². The lowest BCUT2D eigenvalue weighted by molar-refractivity contribution is -0.166. The number of ether oxygens (including phenoxy) is 2. The highest BCUT2D eigenvalue weighted by molar-refractivity contribution is 5.83. The van der Waals surface area contributed by atoms with Crippen LogP contribution in [0.2, 0.25) is 0 Å². The topological polar surface area (TPSA) is 64.6 Å². The van der Waals surface area contributed by atoms with Crippen molar-refractivity contribution in [2.75, 3.05) is 13.1 Å². The second-order valence-corrected chi connectivity index (χ2v) is 6.50. The van der Waals surface area contributed by atoms with Crippen molar-refractivity contribution in [2.24, 2.45) is 11.8 Å². The van der Waals surface area contributed by atoms with Gasteiger partial charge in [-0.25, -0.2) is 0 Å². The number of hydrogen-bond acceptors (Lipinski definition) is 5. The summed E-state index contributed by atoms with van der Waals surface area (Å²) in [6, 6.07) is 9.48. The van der Waals surface area contributed by atoms with Gasteiger partial charge in [-0.15, -0.1) is 0 Å². The van der Waals surface area contributed by atoms with E-state index in [-0.39, 0.29) is 18.5 Å². The van der Waals surface area contributed by atoms with Gasteiger partial charge in [-0.2, -0.15) is 0 Å². The third-order valence-electron chi connectivity index (χ3n) is 3.45. The number of esters is 2. The van der Waals surface area contributed by atoms with Crippen molar-refractivity contribution in [3.05, 3.63) is 35.9 Å². The molecule has 0 bridgehead atoms. The fourth-order valence-electron chi connectivity index (χ4n) is 2.39. The van der Waals surface area contributed by atoms with E-state index in [0.717, 1.165) is 5.56 Å². The first-order valence-corrected chi connectivity index (χ1v) is 7.51. The number of carbonyl (C=O) groups is 2. The molecule has 120 valence electrons. The highest BCUT2D eigenvalue weighted by Crippen LogP contribution is 2.23. The number of nitrogens with one attached hydrogen (secondary N) is 1. The molecule has 0 radical (unpaired) electrons. The van der Waals surface area contributed by atoms with Crippen LogP contribution in [-0.4, -0.2) is 30.6 Å². The van der Waals surface area contributed by atoms with E-state index < -0.39 is 17.4 Å². The Morgan fingerprint density at radius 1 is 1.09 bits per heavy atom. The number of rotatable bonds is 4. The monoisotopic (exact) mass is 305 g/mol. The van der Waals surface area contributed by atoms with Gasteiger partial charge in [0.2, 0.25) is 0 Å². The molecular formula is C17H23NO4. The van der Waals surface area contributed by atoms with E-state index in [0.29, 0.717) is 13.1 Å². The van der Waals surface area contributed by atoms with Gasteiger partial charge in [0, 0.05) is 13.1 Å². The lowest BCUT2D eigenvalue weighted by Crippen LogP contribution is -2.35. The molecule has 5 nitrogen and oxygen atoms in total. The molecule has 1 saturated heterocycles. The third kappa shape index (κ3) is 4.56. The molecule has 1 aliphatic rings. The second kappa shape index (κ2) is 6.92. The van der Waals surface area contributed by atoms with Crippen molar-refractivity contribution in [1.82, 2.24) is 5.32 Å². The highest BCUT2D eigenvalue weighted by Gasteiger charge is 2.41. The molecule has 0 amide bonds. The summed E-state index contributed by atoms with van der Waals surface area (Å²) in [7, 11) is 0. The summed E-state index contributed by atoms with van der Waals surface area (Å²) < 4.78 is 10.7. The van der Waals surface area contributed by atoms with Crippen LogP contribution in [0.15, 0.2) is 30.3 Å². The molecule has 1 N–H and O–H groups in total. The minimum atomic E-state index is -0.557. The molecule has 0 aliphatic carbocycles. The van der Waals surface area contributed by atoms with Crippen molar-refractivity contribution >= 4 is 11.9 Å². The second-order valence-electron chi connectivity index (χ2n) is 6.50. The Morgan fingerprint density at radius 3 is 2.27 bits per heavy atom. The first-order chi connectivity index (χ1) is 10.4. The molecule has 2 rings (SSSR count). The zero-order valence-corrected chi connectivity index (χ0v) is 13.3. The molecule has 5 heteroatoms.